The summed E-state index contributed by atoms with van der Waals surface area (Å²) in [6.45, 7) is 2.18. The summed E-state index contributed by atoms with van der Waals surface area (Å²) in [5, 5.41) is 0.382. The fraction of sp³-hybridized carbons (Fsp3) is 0.211. The number of hydrogen-bond donors (Lipinski definition) is 0. The van der Waals surface area contributed by atoms with Crippen LogP contribution in [0.4, 0.5) is 0 Å². The summed E-state index contributed by atoms with van der Waals surface area (Å²) in [4.78, 5) is 36.7. The van der Waals surface area contributed by atoms with E-state index in [0.29, 0.717) is 23.1 Å². The molecule has 0 saturated carbocycles. The first-order chi connectivity index (χ1) is 12.5. The van der Waals surface area contributed by atoms with Gasteiger partial charge in [0, 0.05) is 12.1 Å². The summed E-state index contributed by atoms with van der Waals surface area (Å²) in [5.41, 5.74) is 0.596. The van der Waals surface area contributed by atoms with Gasteiger partial charge in [-0.15, -0.1) is 0 Å². The number of ether oxygens (including phenoxy) is 1. The smallest absolute Gasteiger partial charge is 0.331 e. The molecule has 0 aliphatic heterocycles. The lowest BCUT2D eigenvalue weighted by atomic mass is 10.1. The van der Waals surface area contributed by atoms with Gasteiger partial charge in [0.2, 0.25) is 0 Å². The largest absolute Gasteiger partial charge is 0.497 e. The van der Waals surface area contributed by atoms with Crippen LogP contribution in [0.2, 0.25) is 5.02 Å². The Morgan fingerprint density at radius 1 is 1.12 bits per heavy atom. The van der Waals surface area contributed by atoms with Gasteiger partial charge in [0.1, 0.15) is 12.0 Å². The lowest BCUT2D eigenvalue weighted by Crippen LogP contribution is -2.40. The lowest BCUT2D eigenvalue weighted by Gasteiger charge is -2.15. The molecule has 0 bridgehead atoms. The second kappa shape index (κ2) is 7.17. The van der Waals surface area contributed by atoms with Crippen LogP contribution in [0, 0.1) is 0 Å². The van der Waals surface area contributed by atoms with Gasteiger partial charge in [0.25, 0.3) is 5.56 Å². The molecule has 0 fully saturated rings. The van der Waals surface area contributed by atoms with Crippen molar-refractivity contribution in [2.45, 2.75) is 20.0 Å². The Morgan fingerprint density at radius 2 is 1.81 bits per heavy atom. The van der Waals surface area contributed by atoms with Gasteiger partial charge in [0.05, 0.1) is 29.6 Å². The maximum atomic E-state index is 12.8. The van der Waals surface area contributed by atoms with E-state index in [2.05, 4.69) is 0 Å². The van der Waals surface area contributed by atoms with Crippen molar-refractivity contribution in [3.05, 3.63) is 73.4 Å². The number of fused-ring (bicyclic) bond motifs is 1. The predicted octanol–water partition coefficient (Wildman–Crippen LogP) is 2.71. The van der Waals surface area contributed by atoms with Gasteiger partial charge < -0.3 is 4.74 Å². The molecule has 0 N–H and O–H groups in total. The average molecular weight is 373 g/mol. The number of methoxy groups -OCH3 is 1. The molecule has 0 aliphatic rings. The number of aldehydes is 1. The summed E-state index contributed by atoms with van der Waals surface area (Å²) >= 11 is 6.24. The highest BCUT2D eigenvalue weighted by Crippen LogP contribution is 2.22. The maximum Gasteiger partial charge on any atom is 0.331 e. The van der Waals surface area contributed by atoms with Gasteiger partial charge in [0.15, 0.2) is 0 Å². The maximum absolute atomic E-state index is 12.8. The molecule has 0 radical (unpaired) electrons. The normalized spacial score (nSPS) is 10.9. The van der Waals surface area contributed by atoms with Crippen LogP contribution in [0.5, 0.6) is 5.75 Å². The fourth-order valence-electron chi connectivity index (χ4n) is 2.92. The van der Waals surface area contributed by atoms with Crippen molar-refractivity contribution in [3.63, 3.8) is 0 Å². The van der Waals surface area contributed by atoms with Crippen LogP contribution in [0.3, 0.4) is 0 Å². The van der Waals surface area contributed by atoms with Crippen molar-refractivity contribution < 1.29 is 9.53 Å². The van der Waals surface area contributed by atoms with E-state index in [1.54, 1.807) is 26.2 Å². The SMILES string of the molecule is CCn1c(=O)c2c(Cl)cc(C=O)cc2n(Cc2ccc(OC)cc2)c1=O. The van der Waals surface area contributed by atoms with E-state index >= 15 is 0 Å². The minimum Gasteiger partial charge on any atom is -0.497 e. The van der Waals surface area contributed by atoms with Crippen molar-refractivity contribution >= 4 is 28.8 Å². The summed E-state index contributed by atoms with van der Waals surface area (Å²) in [7, 11) is 1.58. The van der Waals surface area contributed by atoms with Crippen molar-refractivity contribution in [2.24, 2.45) is 0 Å². The van der Waals surface area contributed by atoms with Crippen LogP contribution in [-0.4, -0.2) is 22.5 Å². The zero-order valence-electron chi connectivity index (χ0n) is 14.4. The monoisotopic (exact) mass is 372 g/mol. The van der Waals surface area contributed by atoms with Gasteiger partial charge in [-0.25, -0.2) is 4.79 Å². The number of benzene rings is 2. The first kappa shape index (κ1) is 17.9. The van der Waals surface area contributed by atoms with Crippen molar-refractivity contribution in [1.29, 1.82) is 0 Å². The Hall–Kier alpha value is -2.86. The first-order valence-electron chi connectivity index (χ1n) is 8.05. The summed E-state index contributed by atoms with van der Waals surface area (Å²) in [6, 6.07) is 10.2. The van der Waals surface area contributed by atoms with Gasteiger partial charge in [-0.3, -0.25) is 18.7 Å². The minimum atomic E-state index is -0.457. The molecule has 0 saturated heterocycles. The Labute approximate surface area is 154 Å². The number of halogens is 1. The molecule has 1 heterocycles. The van der Waals surface area contributed by atoms with E-state index in [9.17, 15) is 14.4 Å². The molecular formula is C19H17ClN2O4. The third-order valence-corrected chi connectivity index (χ3v) is 4.55. The quantitative estimate of drug-likeness (QED) is 0.646. The van der Waals surface area contributed by atoms with Crippen LogP contribution < -0.4 is 16.0 Å². The molecule has 0 spiro atoms. The van der Waals surface area contributed by atoms with Crippen molar-refractivity contribution in [3.8, 4) is 5.75 Å². The molecule has 134 valence electrons. The van der Waals surface area contributed by atoms with Crippen molar-refractivity contribution in [1.82, 2.24) is 9.13 Å². The third-order valence-electron chi connectivity index (χ3n) is 4.26. The van der Waals surface area contributed by atoms with Crippen LogP contribution in [0.15, 0.2) is 46.0 Å². The van der Waals surface area contributed by atoms with Crippen LogP contribution in [0.25, 0.3) is 10.9 Å². The molecule has 6 nitrogen and oxygen atoms in total. The Morgan fingerprint density at radius 3 is 2.38 bits per heavy atom. The first-order valence-corrected chi connectivity index (χ1v) is 8.43. The van der Waals surface area contributed by atoms with E-state index in [1.807, 2.05) is 12.1 Å². The minimum absolute atomic E-state index is 0.153. The van der Waals surface area contributed by atoms with Gasteiger partial charge >= 0.3 is 5.69 Å². The molecule has 7 heteroatoms. The zero-order chi connectivity index (χ0) is 18.8. The average Bonchev–Trinajstić information content (AvgIpc) is 2.65. The molecule has 0 atom stereocenters. The number of nitrogens with zero attached hydrogens (tertiary/aromatic N) is 2. The summed E-state index contributed by atoms with van der Waals surface area (Å²) < 4.78 is 7.74. The highest BCUT2D eigenvalue weighted by molar-refractivity contribution is 6.35. The highest BCUT2D eigenvalue weighted by Gasteiger charge is 2.16. The highest BCUT2D eigenvalue weighted by atomic mass is 35.5. The molecule has 1 aromatic heterocycles. The molecule has 0 unspecified atom stereocenters. The molecule has 3 rings (SSSR count). The second-order valence-electron chi connectivity index (χ2n) is 5.78. The Balaban J connectivity index is 2.31. The molecule has 2 aromatic carbocycles. The number of carbonyl (C=O) groups is 1. The van der Waals surface area contributed by atoms with E-state index in [-0.39, 0.29) is 23.5 Å². The molecule has 0 amide bonds. The topological polar surface area (TPSA) is 70.3 Å². The molecule has 0 aliphatic carbocycles. The third kappa shape index (κ3) is 3.04. The van der Waals surface area contributed by atoms with Gasteiger partial charge in [-0.05, 0) is 36.8 Å². The van der Waals surface area contributed by atoms with E-state index < -0.39 is 11.2 Å². The van der Waals surface area contributed by atoms with E-state index in [4.69, 9.17) is 16.3 Å². The standard InChI is InChI=1S/C19H17ClN2O4/c1-3-21-18(24)17-15(20)8-13(11-23)9-16(17)22(19(21)25)10-12-4-6-14(26-2)7-5-12/h4-9,11H,3,10H2,1-2H3. The van der Waals surface area contributed by atoms with Crippen molar-refractivity contribution in [2.75, 3.05) is 7.11 Å². The van der Waals surface area contributed by atoms with Crippen LogP contribution >= 0.6 is 11.6 Å². The second-order valence-corrected chi connectivity index (χ2v) is 6.19. The number of hydrogen-bond acceptors (Lipinski definition) is 4. The fourth-order valence-corrected chi connectivity index (χ4v) is 3.22. The number of carbonyl (C=O) groups excluding carboxylic acids is 1. The summed E-state index contributed by atoms with van der Waals surface area (Å²) in [5.74, 6) is 0.704. The lowest BCUT2D eigenvalue weighted by molar-refractivity contribution is 0.112. The zero-order valence-corrected chi connectivity index (χ0v) is 15.1. The molecule has 3 aromatic rings. The predicted molar refractivity (Wildman–Crippen MR) is 101 cm³/mol. The Kier molecular flexibility index (Phi) is 4.95. The van der Waals surface area contributed by atoms with E-state index in [0.717, 1.165) is 10.1 Å². The Bertz CT molecular complexity index is 1100. The van der Waals surface area contributed by atoms with Crippen LogP contribution in [0.1, 0.15) is 22.8 Å². The van der Waals surface area contributed by atoms with Gasteiger partial charge in [-0.2, -0.15) is 0 Å². The number of rotatable bonds is 5. The van der Waals surface area contributed by atoms with Crippen LogP contribution in [-0.2, 0) is 13.1 Å². The van der Waals surface area contributed by atoms with E-state index in [1.165, 1.54) is 16.7 Å². The summed E-state index contributed by atoms with van der Waals surface area (Å²) in [6.07, 6.45) is 0.638. The molecule has 26 heavy (non-hydrogen) atoms. The molecular weight excluding hydrogens is 356 g/mol. The number of aromatic nitrogens is 2. The van der Waals surface area contributed by atoms with Gasteiger partial charge in [-0.1, -0.05) is 23.7 Å².